The molecule has 1 N–H and O–H groups in total. The van der Waals surface area contributed by atoms with Crippen molar-refractivity contribution in [2.24, 2.45) is 0 Å². The Kier molecular flexibility index (Phi) is 5.50. The summed E-state index contributed by atoms with van der Waals surface area (Å²) in [7, 11) is 4.28. The first-order chi connectivity index (χ1) is 13.6. The molecule has 0 aliphatic heterocycles. The lowest BCUT2D eigenvalue weighted by atomic mass is 9.84. The summed E-state index contributed by atoms with van der Waals surface area (Å²) >= 11 is 0. The summed E-state index contributed by atoms with van der Waals surface area (Å²) in [5, 5.41) is 12.8. The fraction of sp³-hybridized carbons (Fsp3) is 0.308. The maximum atomic E-state index is 10.1. The Morgan fingerprint density at radius 2 is 1.75 bits per heavy atom. The maximum Gasteiger partial charge on any atom is 0.116 e. The van der Waals surface area contributed by atoms with E-state index in [1.165, 1.54) is 45.9 Å². The van der Waals surface area contributed by atoms with Crippen LogP contribution in [0.1, 0.15) is 42.7 Å². The lowest BCUT2D eigenvalue weighted by Crippen LogP contribution is -2.16. The third-order valence-corrected chi connectivity index (χ3v) is 5.87. The minimum Gasteiger partial charge on any atom is -0.508 e. The van der Waals surface area contributed by atoms with Gasteiger partial charge in [0.1, 0.15) is 5.75 Å². The highest BCUT2D eigenvalue weighted by Gasteiger charge is 2.23. The average Bonchev–Trinajstić information content (AvgIpc) is 2.89. The van der Waals surface area contributed by atoms with Gasteiger partial charge in [0, 0.05) is 6.54 Å². The molecule has 0 saturated heterocycles. The number of hydrogen-bond donors (Lipinski definition) is 1. The van der Waals surface area contributed by atoms with Gasteiger partial charge in [-0.3, -0.25) is 0 Å². The number of allylic oxidation sites excluding steroid dienone is 1. The Morgan fingerprint density at radius 3 is 2.57 bits per heavy atom. The lowest BCUT2D eigenvalue weighted by molar-refractivity contribution is 0.438. The van der Waals surface area contributed by atoms with Crippen LogP contribution in [0.25, 0.3) is 16.3 Å². The molecule has 1 aliphatic rings. The zero-order chi connectivity index (χ0) is 19.5. The van der Waals surface area contributed by atoms with Crippen molar-refractivity contribution >= 4 is 16.3 Å². The number of fused-ring (bicyclic) bond motifs is 1. The highest BCUT2D eigenvalue weighted by atomic mass is 16.3. The minimum atomic E-state index is 0.347. The molecule has 0 heterocycles. The van der Waals surface area contributed by atoms with Gasteiger partial charge in [-0.15, -0.1) is 0 Å². The fourth-order valence-electron chi connectivity index (χ4n) is 4.65. The zero-order valence-corrected chi connectivity index (χ0v) is 16.9. The monoisotopic (exact) mass is 371 g/mol. The van der Waals surface area contributed by atoms with E-state index >= 15 is 0 Å². The summed E-state index contributed by atoms with van der Waals surface area (Å²) in [5.41, 5.74) is 5.56. The van der Waals surface area contributed by atoms with Crippen molar-refractivity contribution in [1.82, 2.24) is 4.90 Å². The summed E-state index contributed by atoms with van der Waals surface area (Å²) in [6.45, 7) is 0.979. The van der Waals surface area contributed by atoms with E-state index in [2.05, 4.69) is 67.5 Å². The number of benzene rings is 3. The second-order valence-corrected chi connectivity index (χ2v) is 8.23. The number of likely N-dealkylation sites (N-methyl/N-ethyl adjacent to an activating group) is 1. The maximum absolute atomic E-state index is 10.1. The van der Waals surface area contributed by atoms with Crippen LogP contribution in [0.2, 0.25) is 0 Å². The van der Waals surface area contributed by atoms with Crippen LogP contribution in [-0.4, -0.2) is 30.6 Å². The van der Waals surface area contributed by atoms with Crippen molar-refractivity contribution in [2.45, 2.75) is 31.6 Å². The Bertz CT molecular complexity index is 997. The summed E-state index contributed by atoms with van der Waals surface area (Å²) < 4.78 is 0. The molecule has 3 aromatic carbocycles. The molecule has 1 atom stereocenters. The molecule has 0 bridgehead atoms. The van der Waals surface area contributed by atoms with E-state index in [0.29, 0.717) is 11.7 Å². The quantitative estimate of drug-likeness (QED) is 0.588. The third-order valence-electron chi connectivity index (χ3n) is 5.87. The molecule has 1 aliphatic carbocycles. The molecule has 144 valence electrons. The Morgan fingerprint density at radius 1 is 0.964 bits per heavy atom. The average molecular weight is 372 g/mol. The molecule has 0 spiro atoms. The Labute approximate surface area is 168 Å². The smallest absolute Gasteiger partial charge is 0.116 e. The molecule has 0 radical (unpaired) electrons. The Hall–Kier alpha value is -2.58. The third kappa shape index (κ3) is 3.98. The van der Waals surface area contributed by atoms with Gasteiger partial charge in [-0.1, -0.05) is 60.2 Å². The van der Waals surface area contributed by atoms with Crippen molar-refractivity contribution in [3.8, 4) is 5.75 Å². The summed E-state index contributed by atoms with van der Waals surface area (Å²) in [6.07, 6.45) is 4.57. The molecule has 4 rings (SSSR count). The Balaban J connectivity index is 1.79. The number of rotatable bonds is 4. The van der Waals surface area contributed by atoms with Gasteiger partial charge in [0.2, 0.25) is 0 Å². The van der Waals surface area contributed by atoms with Gasteiger partial charge in [0.25, 0.3) is 0 Å². The molecule has 0 fully saturated rings. The number of phenolic OH excluding ortho intramolecular Hbond substituents is 1. The van der Waals surface area contributed by atoms with Crippen LogP contribution >= 0.6 is 0 Å². The number of hydrogen-bond acceptors (Lipinski definition) is 2. The molecule has 1 unspecified atom stereocenters. The normalized spacial score (nSPS) is 17.9. The first-order valence-electron chi connectivity index (χ1n) is 10.2. The molecule has 3 aromatic rings. The van der Waals surface area contributed by atoms with Crippen molar-refractivity contribution in [3.05, 3.63) is 83.4 Å². The largest absolute Gasteiger partial charge is 0.508 e. The van der Waals surface area contributed by atoms with Crippen LogP contribution in [0.3, 0.4) is 0 Å². The van der Waals surface area contributed by atoms with Crippen molar-refractivity contribution < 1.29 is 5.11 Å². The van der Waals surface area contributed by atoms with Crippen LogP contribution in [0.15, 0.2) is 72.3 Å². The highest BCUT2D eigenvalue weighted by Crippen LogP contribution is 2.41. The van der Waals surface area contributed by atoms with Crippen LogP contribution in [0, 0.1) is 0 Å². The van der Waals surface area contributed by atoms with Crippen LogP contribution < -0.4 is 0 Å². The molecule has 2 heteroatoms. The van der Waals surface area contributed by atoms with Gasteiger partial charge in [-0.2, -0.15) is 0 Å². The number of nitrogens with zero attached hydrogens (tertiary/aromatic N) is 1. The van der Waals surface area contributed by atoms with E-state index in [4.69, 9.17) is 0 Å². The van der Waals surface area contributed by atoms with Gasteiger partial charge < -0.3 is 10.0 Å². The summed E-state index contributed by atoms with van der Waals surface area (Å²) in [5.74, 6) is 0.850. The van der Waals surface area contributed by atoms with E-state index in [9.17, 15) is 5.11 Å². The van der Waals surface area contributed by atoms with Crippen LogP contribution in [0.5, 0.6) is 5.75 Å². The predicted molar refractivity (Wildman–Crippen MR) is 119 cm³/mol. The van der Waals surface area contributed by atoms with Crippen molar-refractivity contribution in [1.29, 1.82) is 0 Å². The highest BCUT2D eigenvalue weighted by molar-refractivity contribution is 5.86. The summed E-state index contributed by atoms with van der Waals surface area (Å²) in [4.78, 5) is 2.26. The minimum absolute atomic E-state index is 0.347. The predicted octanol–water partition coefficient (Wildman–Crippen LogP) is 6.22. The molecule has 0 saturated carbocycles. The van der Waals surface area contributed by atoms with Crippen LogP contribution in [0.4, 0.5) is 0 Å². The molecular formula is C26H29NO. The topological polar surface area (TPSA) is 23.5 Å². The molecule has 0 aromatic heterocycles. The number of aromatic hydroxyl groups is 1. The van der Waals surface area contributed by atoms with E-state index in [1.54, 1.807) is 6.07 Å². The zero-order valence-electron chi connectivity index (χ0n) is 16.9. The second kappa shape index (κ2) is 8.20. The first kappa shape index (κ1) is 18.8. The molecule has 28 heavy (non-hydrogen) atoms. The van der Waals surface area contributed by atoms with E-state index in [-0.39, 0.29) is 0 Å². The molecular weight excluding hydrogens is 342 g/mol. The standard InChI is InChI=1S/C26H29NO/c1-27(2)18-22-12-5-10-21(17-26(22)20-11-6-13-23(28)16-20)25-15-7-9-19-8-3-4-14-24(19)25/h3-4,6-9,11,13-16,21,28H,5,10,12,17-18H2,1-2H3. The van der Waals surface area contributed by atoms with Crippen LogP contribution in [-0.2, 0) is 0 Å². The first-order valence-corrected chi connectivity index (χ1v) is 10.2. The van der Waals surface area contributed by atoms with E-state index in [1.807, 2.05) is 12.1 Å². The van der Waals surface area contributed by atoms with Crippen molar-refractivity contribution in [2.75, 3.05) is 20.6 Å². The SMILES string of the molecule is CN(C)CC1=C(c2cccc(O)c2)CC(c2cccc3ccccc23)CCC1. The summed E-state index contributed by atoms with van der Waals surface area (Å²) in [6, 6.07) is 23.2. The van der Waals surface area contributed by atoms with Gasteiger partial charge in [-0.25, -0.2) is 0 Å². The van der Waals surface area contributed by atoms with Crippen molar-refractivity contribution in [3.63, 3.8) is 0 Å². The van der Waals surface area contributed by atoms with E-state index < -0.39 is 0 Å². The molecule has 0 amide bonds. The molecule has 2 nitrogen and oxygen atoms in total. The van der Waals surface area contributed by atoms with Gasteiger partial charge in [0.05, 0.1) is 0 Å². The fourth-order valence-corrected chi connectivity index (χ4v) is 4.65. The van der Waals surface area contributed by atoms with Gasteiger partial charge >= 0.3 is 0 Å². The number of phenols is 1. The second-order valence-electron chi connectivity index (χ2n) is 8.23. The van der Waals surface area contributed by atoms with E-state index in [0.717, 1.165) is 19.4 Å². The van der Waals surface area contributed by atoms with Gasteiger partial charge in [0.15, 0.2) is 0 Å². The lowest BCUT2D eigenvalue weighted by Gasteiger charge is -2.21. The van der Waals surface area contributed by atoms with Gasteiger partial charge in [-0.05, 0) is 85.3 Å².